The van der Waals surface area contributed by atoms with Gasteiger partial charge in [-0.3, -0.25) is 9.59 Å². The highest BCUT2D eigenvalue weighted by atomic mass is 35.5. The summed E-state index contributed by atoms with van der Waals surface area (Å²) in [4.78, 5) is 22.7. The lowest BCUT2D eigenvalue weighted by molar-refractivity contribution is -0.127. The van der Waals surface area contributed by atoms with E-state index in [1.165, 1.54) is 0 Å². The fraction of sp³-hybridized carbons (Fsp3) is 0.818. The summed E-state index contributed by atoms with van der Waals surface area (Å²) in [7, 11) is 0. The topological polar surface area (TPSA) is 84.2 Å². The maximum Gasteiger partial charge on any atom is 0.225 e. The summed E-state index contributed by atoms with van der Waals surface area (Å²) in [6, 6.07) is 0.0446. The Morgan fingerprint density at radius 2 is 2.35 bits per heavy atom. The van der Waals surface area contributed by atoms with Crippen LogP contribution in [-0.2, 0) is 9.59 Å². The lowest BCUT2D eigenvalue weighted by Gasteiger charge is -2.18. The van der Waals surface area contributed by atoms with Gasteiger partial charge in [0, 0.05) is 25.6 Å². The van der Waals surface area contributed by atoms with Crippen LogP contribution in [0, 0.1) is 5.92 Å². The van der Waals surface area contributed by atoms with Crippen LogP contribution in [0.5, 0.6) is 0 Å². The monoisotopic (exact) mass is 263 g/mol. The number of nitrogens with two attached hydrogens (primary N) is 1. The summed E-state index contributed by atoms with van der Waals surface area (Å²) in [5.74, 6) is -0.314. The Bertz CT molecular complexity index is 261. The molecule has 4 N–H and O–H groups in total. The van der Waals surface area contributed by atoms with Gasteiger partial charge in [-0.1, -0.05) is 19.8 Å². The molecule has 0 bridgehead atoms. The molecule has 0 aliphatic carbocycles. The van der Waals surface area contributed by atoms with Crippen molar-refractivity contribution >= 4 is 24.2 Å². The van der Waals surface area contributed by atoms with E-state index in [0.29, 0.717) is 19.5 Å². The molecular weight excluding hydrogens is 242 g/mol. The van der Waals surface area contributed by atoms with E-state index in [9.17, 15) is 9.59 Å². The molecule has 2 unspecified atom stereocenters. The first-order valence-corrected chi connectivity index (χ1v) is 5.94. The highest BCUT2D eigenvalue weighted by molar-refractivity contribution is 5.89. The van der Waals surface area contributed by atoms with Gasteiger partial charge in [0.05, 0.1) is 5.92 Å². The first kappa shape index (κ1) is 16.2. The molecule has 1 saturated heterocycles. The van der Waals surface area contributed by atoms with E-state index in [4.69, 9.17) is 5.73 Å². The van der Waals surface area contributed by atoms with E-state index in [0.717, 1.165) is 19.3 Å². The van der Waals surface area contributed by atoms with Gasteiger partial charge in [0.1, 0.15) is 0 Å². The number of carbonyl (C=O) groups excluding carboxylic acids is 2. The quantitative estimate of drug-likeness (QED) is 0.639. The van der Waals surface area contributed by atoms with Crippen LogP contribution in [0.1, 0.15) is 32.6 Å². The fourth-order valence-corrected chi connectivity index (χ4v) is 1.81. The lowest BCUT2D eigenvalue weighted by Crippen LogP contribution is -2.43. The van der Waals surface area contributed by atoms with E-state index < -0.39 is 0 Å². The van der Waals surface area contributed by atoms with Crippen molar-refractivity contribution in [3.63, 3.8) is 0 Å². The molecule has 5 nitrogen and oxygen atoms in total. The van der Waals surface area contributed by atoms with Crippen LogP contribution in [0.25, 0.3) is 0 Å². The number of rotatable bonds is 6. The predicted octanol–water partition coefficient (Wildman–Crippen LogP) is 0.178. The molecular formula is C11H22ClN3O2. The van der Waals surface area contributed by atoms with Crippen molar-refractivity contribution in [2.75, 3.05) is 13.1 Å². The number of unbranched alkanes of at least 4 members (excludes halogenated alkanes) is 1. The Labute approximate surface area is 108 Å². The molecule has 1 rings (SSSR count). The molecule has 1 aliphatic heterocycles. The van der Waals surface area contributed by atoms with Crippen LogP contribution in [0.4, 0.5) is 0 Å². The fourth-order valence-electron chi connectivity index (χ4n) is 1.81. The van der Waals surface area contributed by atoms with E-state index in [2.05, 4.69) is 17.6 Å². The molecule has 6 heteroatoms. The summed E-state index contributed by atoms with van der Waals surface area (Å²) in [6.45, 7) is 3.02. The van der Waals surface area contributed by atoms with Crippen LogP contribution in [0.3, 0.4) is 0 Å². The van der Waals surface area contributed by atoms with E-state index in [1.54, 1.807) is 0 Å². The average molecular weight is 264 g/mol. The van der Waals surface area contributed by atoms with Crippen molar-refractivity contribution in [2.45, 2.75) is 38.6 Å². The molecule has 0 saturated carbocycles. The van der Waals surface area contributed by atoms with E-state index >= 15 is 0 Å². The van der Waals surface area contributed by atoms with Gasteiger partial charge in [0.25, 0.3) is 0 Å². The summed E-state index contributed by atoms with van der Waals surface area (Å²) in [5.41, 5.74) is 5.59. The van der Waals surface area contributed by atoms with Crippen LogP contribution in [0.2, 0.25) is 0 Å². The van der Waals surface area contributed by atoms with Crippen LogP contribution >= 0.6 is 12.4 Å². The van der Waals surface area contributed by atoms with Crippen molar-refractivity contribution in [2.24, 2.45) is 11.7 Å². The number of amides is 2. The van der Waals surface area contributed by atoms with Gasteiger partial charge in [0.2, 0.25) is 11.8 Å². The lowest BCUT2D eigenvalue weighted by atomic mass is 10.1. The Balaban J connectivity index is 0.00000256. The Morgan fingerprint density at radius 1 is 1.65 bits per heavy atom. The predicted molar refractivity (Wildman–Crippen MR) is 68.9 cm³/mol. The van der Waals surface area contributed by atoms with Crippen molar-refractivity contribution in [1.82, 2.24) is 10.6 Å². The Morgan fingerprint density at radius 3 is 2.82 bits per heavy atom. The average Bonchev–Trinajstić information content (AvgIpc) is 2.70. The van der Waals surface area contributed by atoms with Gasteiger partial charge in [-0.15, -0.1) is 12.4 Å². The van der Waals surface area contributed by atoms with Gasteiger partial charge in [-0.25, -0.2) is 0 Å². The molecule has 1 aliphatic rings. The van der Waals surface area contributed by atoms with Crippen LogP contribution in [0.15, 0.2) is 0 Å². The first-order chi connectivity index (χ1) is 7.67. The second-order valence-electron chi connectivity index (χ2n) is 4.29. The molecule has 0 aromatic heterocycles. The normalized spacial score (nSPS) is 20.4. The SMILES string of the molecule is CCCCC(CN)NC(=O)C1CNC(=O)C1.Cl. The van der Waals surface area contributed by atoms with Crippen molar-refractivity contribution in [1.29, 1.82) is 0 Å². The van der Waals surface area contributed by atoms with Gasteiger partial charge < -0.3 is 16.4 Å². The summed E-state index contributed by atoms with van der Waals surface area (Å²) >= 11 is 0. The zero-order valence-electron chi connectivity index (χ0n) is 10.2. The number of carbonyl (C=O) groups is 2. The Hall–Kier alpha value is -0.810. The van der Waals surface area contributed by atoms with Crippen molar-refractivity contribution in [3.05, 3.63) is 0 Å². The first-order valence-electron chi connectivity index (χ1n) is 5.94. The third-order valence-corrected chi connectivity index (χ3v) is 2.89. The highest BCUT2D eigenvalue weighted by Gasteiger charge is 2.28. The number of hydrogen-bond donors (Lipinski definition) is 3. The molecule has 0 spiro atoms. The highest BCUT2D eigenvalue weighted by Crippen LogP contribution is 2.09. The molecule has 1 fully saturated rings. The zero-order chi connectivity index (χ0) is 12.0. The maximum atomic E-state index is 11.8. The number of hydrogen-bond acceptors (Lipinski definition) is 3. The molecule has 0 radical (unpaired) electrons. The van der Waals surface area contributed by atoms with Gasteiger partial charge in [-0.05, 0) is 6.42 Å². The molecule has 0 aromatic carbocycles. The Kier molecular flexibility index (Phi) is 7.91. The molecule has 2 atom stereocenters. The second kappa shape index (κ2) is 8.31. The third kappa shape index (κ3) is 5.37. The minimum atomic E-state index is -0.219. The second-order valence-corrected chi connectivity index (χ2v) is 4.29. The zero-order valence-corrected chi connectivity index (χ0v) is 11.0. The maximum absolute atomic E-state index is 11.8. The summed E-state index contributed by atoms with van der Waals surface area (Å²) < 4.78 is 0. The number of nitrogens with one attached hydrogen (secondary N) is 2. The smallest absolute Gasteiger partial charge is 0.225 e. The summed E-state index contributed by atoms with van der Waals surface area (Å²) in [6.07, 6.45) is 3.36. The van der Waals surface area contributed by atoms with Gasteiger partial charge in [0.15, 0.2) is 0 Å². The number of halogens is 1. The molecule has 2 amide bonds. The standard InChI is InChI=1S/C11H21N3O2.ClH/c1-2-3-4-9(6-12)14-11(16)8-5-10(15)13-7-8;/h8-9H,2-7,12H2,1H3,(H,13,15)(H,14,16);1H. The van der Waals surface area contributed by atoms with E-state index in [1.807, 2.05) is 0 Å². The van der Waals surface area contributed by atoms with E-state index in [-0.39, 0.29) is 36.2 Å². The van der Waals surface area contributed by atoms with Gasteiger partial charge >= 0.3 is 0 Å². The van der Waals surface area contributed by atoms with Crippen molar-refractivity contribution in [3.8, 4) is 0 Å². The molecule has 1 heterocycles. The van der Waals surface area contributed by atoms with Gasteiger partial charge in [-0.2, -0.15) is 0 Å². The van der Waals surface area contributed by atoms with Crippen LogP contribution in [-0.4, -0.2) is 30.9 Å². The molecule has 17 heavy (non-hydrogen) atoms. The largest absolute Gasteiger partial charge is 0.355 e. The minimum absolute atomic E-state index is 0. The van der Waals surface area contributed by atoms with Crippen LogP contribution < -0.4 is 16.4 Å². The van der Waals surface area contributed by atoms with Crippen molar-refractivity contribution < 1.29 is 9.59 Å². The minimum Gasteiger partial charge on any atom is -0.355 e. The molecule has 100 valence electrons. The molecule has 0 aromatic rings. The third-order valence-electron chi connectivity index (χ3n) is 2.89. The summed E-state index contributed by atoms with van der Waals surface area (Å²) in [5, 5.41) is 5.56.